The number of benzene rings is 2. The van der Waals surface area contributed by atoms with Crippen molar-refractivity contribution < 1.29 is 29.0 Å². The second-order valence-corrected chi connectivity index (χ2v) is 13.1. The van der Waals surface area contributed by atoms with E-state index in [9.17, 15) is 24.3 Å². The fourth-order valence-corrected chi connectivity index (χ4v) is 7.70. The molecule has 9 nitrogen and oxygen atoms in total. The van der Waals surface area contributed by atoms with Crippen molar-refractivity contribution in [2.75, 3.05) is 29.1 Å². The molecule has 3 amide bonds. The third-order valence-corrected chi connectivity index (χ3v) is 10.4. The van der Waals surface area contributed by atoms with Crippen LogP contribution in [0.25, 0.3) is 0 Å². The highest BCUT2D eigenvalue weighted by Gasteiger charge is 2.59. The van der Waals surface area contributed by atoms with E-state index in [1.165, 1.54) is 58.0 Å². The van der Waals surface area contributed by atoms with Gasteiger partial charge in [-0.25, -0.2) is 0 Å². The monoisotopic (exact) mass is 679 g/mol. The first-order chi connectivity index (χ1) is 20.5. The number of halogens is 3. The maximum Gasteiger partial charge on any atom is 0.316 e. The van der Waals surface area contributed by atoms with E-state index in [2.05, 4.69) is 5.32 Å². The Morgan fingerprint density at radius 3 is 2.63 bits per heavy atom. The van der Waals surface area contributed by atoms with Crippen molar-refractivity contribution in [3.8, 4) is 5.75 Å². The predicted molar refractivity (Wildman–Crippen MR) is 170 cm³/mol. The molecule has 0 spiro atoms. The molecule has 0 radical (unpaired) electrons. The minimum atomic E-state index is -1.36. The largest absolute Gasteiger partial charge is 0.489 e. The summed E-state index contributed by atoms with van der Waals surface area (Å²) in [4.78, 5) is 54.0. The summed E-state index contributed by atoms with van der Waals surface area (Å²) in [6.45, 7) is 1.32. The van der Waals surface area contributed by atoms with E-state index in [0.29, 0.717) is 20.7 Å². The molecule has 1 aromatic heterocycles. The number of thiophene rings is 1. The zero-order chi connectivity index (χ0) is 30.9. The molecule has 3 atom stereocenters. The average molecular weight is 681 g/mol. The maximum atomic E-state index is 13.2. The van der Waals surface area contributed by atoms with E-state index >= 15 is 0 Å². The van der Waals surface area contributed by atoms with Crippen LogP contribution in [-0.2, 0) is 14.4 Å². The van der Waals surface area contributed by atoms with Gasteiger partial charge in [0.1, 0.15) is 29.2 Å². The molecule has 2 aliphatic heterocycles. The second-order valence-electron chi connectivity index (χ2n) is 9.85. The Kier molecular flexibility index (Phi) is 9.29. The van der Waals surface area contributed by atoms with Crippen LogP contribution in [0.1, 0.15) is 17.3 Å². The van der Waals surface area contributed by atoms with Gasteiger partial charge in [-0.05, 0) is 53.9 Å². The Morgan fingerprint density at radius 1 is 1.16 bits per heavy atom. The zero-order valence-electron chi connectivity index (χ0n) is 22.5. The van der Waals surface area contributed by atoms with E-state index in [0.717, 1.165) is 0 Å². The Morgan fingerprint density at radius 2 is 1.95 bits per heavy atom. The number of nitrogens with one attached hydrogen (secondary N) is 1. The molecule has 0 bridgehead atoms. The first-order valence-electron chi connectivity index (χ1n) is 12.9. The van der Waals surface area contributed by atoms with E-state index in [-0.39, 0.29) is 52.4 Å². The number of thioether (sulfide) groups is 1. The van der Waals surface area contributed by atoms with Gasteiger partial charge in [-0.3, -0.25) is 24.1 Å². The van der Waals surface area contributed by atoms with Crippen molar-refractivity contribution in [3.63, 3.8) is 0 Å². The molecule has 3 aromatic rings. The quantitative estimate of drug-likeness (QED) is 0.201. The van der Waals surface area contributed by atoms with Crippen molar-refractivity contribution in [1.29, 1.82) is 0 Å². The zero-order valence-corrected chi connectivity index (χ0v) is 26.4. The lowest BCUT2D eigenvalue weighted by molar-refractivity contribution is -0.154. The highest BCUT2D eigenvalue weighted by molar-refractivity contribution is 8.00. The summed E-state index contributed by atoms with van der Waals surface area (Å²) in [6, 6.07) is 12.1. The van der Waals surface area contributed by atoms with Crippen LogP contribution in [0.2, 0.25) is 15.1 Å². The second kappa shape index (κ2) is 12.8. The highest BCUT2D eigenvalue weighted by atomic mass is 35.5. The number of fused-ring (bicyclic) bond motifs is 1. The van der Waals surface area contributed by atoms with Gasteiger partial charge in [0.05, 0.1) is 20.6 Å². The Labute approximate surface area is 270 Å². The molecule has 2 N–H and O–H groups in total. The number of carboxylic acids is 1. The predicted octanol–water partition coefficient (Wildman–Crippen LogP) is 6.30. The number of anilines is 2. The van der Waals surface area contributed by atoms with Crippen molar-refractivity contribution in [2.45, 2.75) is 18.3 Å². The van der Waals surface area contributed by atoms with Crippen molar-refractivity contribution in [1.82, 2.24) is 4.90 Å². The smallest absolute Gasteiger partial charge is 0.316 e. The number of amides is 3. The molecule has 3 heterocycles. The van der Waals surface area contributed by atoms with Crippen LogP contribution in [-0.4, -0.2) is 64.0 Å². The van der Waals surface area contributed by atoms with Crippen LogP contribution < -0.4 is 15.0 Å². The summed E-state index contributed by atoms with van der Waals surface area (Å²) in [5.41, 5.74) is -0.774. The van der Waals surface area contributed by atoms with Crippen LogP contribution >= 0.6 is 57.9 Å². The number of carbonyl (C=O) groups is 4. The lowest BCUT2D eigenvalue weighted by Gasteiger charge is -2.55. The van der Waals surface area contributed by atoms with Gasteiger partial charge >= 0.3 is 5.97 Å². The van der Waals surface area contributed by atoms with Crippen molar-refractivity contribution in [3.05, 3.63) is 86.7 Å². The number of β-lactam (4-membered cyclic amide) rings is 1. The number of hydrogen-bond acceptors (Lipinski definition) is 7. The first kappa shape index (κ1) is 31.2. The van der Waals surface area contributed by atoms with E-state index in [4.69, 9.17) is 39.5 Å². The van der Waals surface area contributed by atoms with Crippen molar-refractivity contribution >= 4 is 92.3 Å². The molecule has 0 saturated carbocycles. The summed E-state index contributed by atoms with van der Waals surface area (Å²) < 4.78 is 5.83. The van der Waals surface area contributed by atoms with Gasteiger partial charge in [0.25, 0.3) is 5.91 Å². The van der Waals surface area contributed by atoms with Crippen LogP contribution in [0.15, 0.2) is 66.1 Å². The number of ether oxygens (including phenoxy) is 1. The lowest BCUT2D eigenvalue weighted by atomic mass is 9.86. The molecular weight excluding hydrogens is 657 g/mol. The van der Waals surface area contributed by atoms with Gasteiger partial charge in [-0.2, -0.15) is 0 Å². The van der Waals surface area contributed by atoms with Crippen LogP contribution in [0.5, 0.6) is 5.75 Å². The third kappa shape index (κ3) is 6.37. The Hall–Kier alpha value is -3.22. The standard InChI is InChI=1S/C29H24Cl3N3O6S2/c1-16(36)35(23-4-2-11-42-23)24-26(38)34-14-29(28(39)40,15-43-27(24)34)9-3-10-41-22-8-5-17(30)12-19(22)25(37)33-18-6-7-20(31)21(32)13-18/h2-9,11-13,24,27H,10,14-15H2,1H3,(H,33,37)(H,39,40)/t24?,27-,29?/m1/s1. The van der Waals surface area contributed by atoms with Gasteiger partial charge in [0.2, 0.25) is 11.8 Å². The molecule has 2 fully saturated rings. The van der Waals surface area contributed by atoms with Gasteiger partial charge in [-0.1, -0.05) is 47.0 Å². The molecule has 2 saturated heterocycles. The summed E-state index contributed by atoms with van der Waals surface area (Å²) in [5, 5.41) is 16.0. The average Bonchev–Trinajstić information content (AvgIpc) is 3.50. The first-order valence-corrected chi connectivity index (χ1v) is 15.9. The van der Waals surface area contributed by atoms with Gasteiger partial charge in [0, 0.05) is 29.9 Å². The molecule has 0 aliphatic carbocycles. The fourth-order valence-electron chi connectivity index (χ4n) is 4.86. The minimum absolute atomic E-state index is 0.0414. The molecular formula is C29H24Cl3N3O6S2. The Balaban J connectivity index is 1.26. The summed E-state index contributed by atoms with van der Waals surface area (Å²) in [5.74, 6) is -1.70. The number of nitrogens with zero attached hydrogens (tertiary/aromatic N) is 2. The number of rotatable bonds is 9. The van der Waals surface area contributed by atoms with E-state index < -0.39 is 23.3 Å². The maximum absolute atomic E-state index is 13.2. The molecule has 14 heteroatoms. The third-order valence-electron chi connectivity index (χ3n) is 7.00. The number of carbonyl (C=O) groups excluding carboxylic acids is 3. The van der Waals surface area contributed by atoms with Crippen LogP contribution in [0, 0.1) is 5.41 Å². The van der Waals surface area contributed by atoms with Crippen LogP contribution in [0.3, 0.4) is 0 Å². The number of carboxylic acid groups (broad SMARTS) is 1. The lowest BCUT2D eigenvalue weighted by Crippen LogP contribution is -2.74. The topological polar surface area (TPSA) is 116 Å². The van der Waals surface area contributed by atoms with E-state index in [1.54, 1.807) is 36.4 Å². The normalized spacial score (nSPS) is 21.2. The van der Waals surface area contributed by atoms with Gasteiger partial charge in [0.15, 0.2) is 0 Å². The fraction of sp³-hybridized carbons (Fsp3) is 0.241. The molecule has 2 aromatic carbocycles. The minimum Gasteiger partial charge on any atom is -0.489 e. The molecule has 2 aliphatic rings. The summed E-state index contributed by atoms with van der Waals surface area (Å²) in [6.07, 6.45) is 3.08. The summed E-state index contributed by atoms with van der Waals surface area (Å²) in [7, 11) is 0. The number of hydrogen-bond donors (Lipinski definition) is 2. The van der Waals surface area contributed by atoms with E-state index in [1.807, 2.05) is 11.4 Å². The van der Waals surface area contributed by atoms with Gasteiger partial charge in [-0.15, -0.1) is 23.1 Å². The molecule has 5 rings (SSSR count). The number of aliphatic carboxylic acids is 1. The molecule has 43 heavy (non-hydrogen) atoms. The van der Waals surface area contributed by atoms with Gasteiger partial charge < -0.3 is 20.1 Å². The highest BCUT2D eigenvalue weighted by Crippen LogP contribution is 2.46. The van der Waals surface area contributed by atoms with Crippen LogP contribution in [0.4, 0.5) is 10.7 Å². The SMILES string of the molecule is CC(=O)N(c1cccs1)C1C(=O)N2CC(C=CCOc3ccc(Cl)cc3C(=O)Nc3ccc(Cl)c(Cl)c3)(C(=O)O)CS[C@H]12. The van der Waals surface area contributed by atoms with Crippen molar-refractivity contribution in [2.24, 2.45) is 5.41 Å². The summed E-state index contributed by atoms with van der Waals surface area (Å²) >= 11 is 20.8. The Bertz CT molecular complexity index is 1620. The molecule has 2 unspecified atom stereocenters. The molecule has 224 valence electrons.